The molecule has 8 nitrogen and oxygen atoms in total. The fraction of sp³-hybridized carbons (Fsp3) is 0.333. The van der Waals surface area contributed by atoms with Crippen LogP contribution in [0.25, 0.3) is 0 Å². The van der Waals surface area contributed by atoms with Crippen molar-refractivity contribution in [2.75, 3.05) is 6.54 Å². The number of rotatable bonds is 6. The van der Waals surface area contributed by atoms with Crippen LogP contribution in [0.5, 0.6) is 0 Å². The average molecular weight is 343 g/mol. The minimum absolute atomic E-state index is 0.155. The molecule has 0 bridgehead atoms. The first-order valence-electron chi connectivity index (χ1n) is 7.51. The Kier molecular flexibility index (Phi) is 4.90. The highest BCUT2D eigenvalue weighted by molar-refractivity contribution is 7.11. The summed E-state index contributed by atoms with van der Waals surface area (Å²) in [6.45, 7) is 4.16. The number of aromatic nitrogens is 6. The van der Waals surface area contributed by atoms with Crippen molar-refractivity contribution in [1.82, 2.24) is 35.7 Å². The molecule has 0 aliphatic heterocycles. The van der Waals surface area contributed by atoms with Crippen molar-refractivity contribution in [3.8, 4) is 0 Å². The maximum atomic E-state index is 12.7. The van der Waals surface area contributed by atoms with Crippen LogP contribution in [0.3, 0.4) is 0 Å². The maximum Gasteiger partial charge on any atom is 0.249 e. The molecular formula is C15H17N7OS. The molecule has 9 heteroatoms. The molecule has 1 aromatic carbocycles. The van der Waals surface area contributed by atoms with Crippen molar-refractivity contribution in [2.45, 2.75) is 26.3 Å². The summed E-state index contributed by atoms with van der Waals surface area (Å²) in [5.41, 5.74) is 0.831. The average Bonchev–Trinajstić information content (AvgIpc) is 3.18. The topological polar surface area (TPSA) is 98.5 Å². The van der Waals surface area contributed by atoms with E-state index in [0.717, 1.165) is 15.6 Å². The van der Waals surface area contributed by atoms with Gasteiger partial charge in [0.05, 0.1) is 0 Å². The molecule has 1 atom stereocenters. The smallest absolute Gasteiger partial charge is 0.249 e. The Balaban J connectivity index is 1.73. The van der Waals surface area contributed by atoms with Gasteiger partial charge in [0.2, 0.25) is 5.91 Å². The van der Waals surface area contributed by atoms with Gasteiger partial charge in [0.25, 0.3) is 0 Å². The third-order valence-electron chi connectivity index (χ3n) is 3.47. The van der Waals surface area contributed by atoms with Crippen LogP contribution in [0.4, 0.5) is 0 Å². The van der Waals surface area contributed by atoms with Gasteiger partial charge in [0, 0.05) is 13.0 Å². The number of hydrogen-bond donors (Lipinski definition) is 1. The summed E-state index contributed by atoms with van der Waals surface area (Å²) in [6, 6.07) is 8.86. The molecule has 24 heavy (non-hydrogen) atoms. The molecular weight excluding hydrogens is 326 g/mol. The van der Waals surface area contributed by atoms with E-state index in [2.05, 4.69) is 31.0 Å². The lowest BCUT2D eigenvalue weighted by Gasteiger charge is -2.17. The molecule has 0 spiro atoms. The second-order valence-electron chi connectivity index (χ2n) is 5.24. The SMILES string of the molecule is Cc1nnc(CCNC(=O)[C@H](c2ccccc2)n2nnnc2C)s1. The van der Waals surface area contributed by atoms with Gasteiger partial charge in [0.15, 0.2) is 6.04 Å². The Morgan fingerprint density at radius 3 is 2.62 bits per heavy atom. The largest absolute Gasteiger partial charge is 0.354 e. The first-order valence-corrected chi connectivity index (χ1v) is 8.33. The lowest BCUT2D eigenvalue weighted by Crippen LogP contribution is -2.35. The Hall–Kier alpha value is -2.68. The van der Waals surface area contributed by atoms with E-state index in [9.17, 15) is 4.79 Å². The summed E-state index contributed by atoms with van der Waals surface area (Å²) in [5, 5.41) is 24.3. The van der Waals surface area contributed by atoms with E-state index in [-0.39, 0.29) is 5.91 Å². The quantitative estimate of drug-likeness (QED) is 0.719. The molecule has 0 fully saturated rings. The number of carbonyl (C=O) groups excluding carboxylic acids is 1. The molecule has 124 valence electrons. The molecule has 0 saturated carbocycles. The number of nitrogens with one attached hydrogen (secondary N) is 1. The van der Waals surface area contributed by atoms with Crippen LogP contribution in [0.15, 0.2) is 30.3 Å². The third-order valence-corrected chi connectivity index (χ3v) is 4.37. The van der Waals surface area contributed by atoms with Crippen LogP contribution in [-0.4, -0.2) is 42.9 Å². The van der Waals surface area contributed by atoms with Gasteiger partial charge in [-0.3, -0.25) is 4.79 Å². The second-order valence-corrected chi connectivity index (χ2v) is 6.51. The Labute approximate surface area is 142 Å². The normalized spacial score (nSPS) is 12.1. The van der Waals surface area contributed by atoms with Gasteiger partial charge in [-0.1, -0.05) is 30.3 Å². The first kappa shape index (κ1) is 16.2. The molecule has 1 amide bonds. The van der Waals surface area contributed by atoms with Gasteiger partial charge in [-0.05, 0) is 29.8 Å². The van der Waals surface area contributed by atoms with E-state index in [1.165, 1.54) is 16.0 Å². The maximum absolute atomic E-state index is 12.7. The number of aryl methyl sites for hydroxylation is 2. The molecule has 0 radical (unpaired) electrons. The summed E-state index contributed by atoms with van der Waals surface area (Å²) in [4.78, 5) is 12.7. The number of tetrazole rings is 1. The number of amides is 1. The van der Waals surface area contributed by atoms with E-state index in [4.69, 9.17) is 0 Å². The molecule has 0 aliphatic rings. The highest BCUT2D eigenvalue weighted by atomic mass is 32.1. The zero-order chi connectivity index (χ0) is 16.9. The highest BCUT2D eigenvalue weighted by Crippen LogP contribution is 2.18. The van der Waals surface area contributed by atoms with Crippen LogP contribution in [-0.2, 0) is 11.2 Å². The zero-order valence-corrected chi connectivity index (χ0v) is 14.2. The summed E-state index contributed by atoms with van der Waals surface area (Å²) < 4.78 is 1.53. The van der Waals surface area contributed by atoms with Crippen molar-refractivity contribution in [3.63, 3.8) is 0 Å². The first-order chi connectivity index (χ1) is 11.6. The van der Waals surface area contributed by atoms with Crippen molar-refractivity contribution in [2.24, 2.45) is 0 Å². The number of carbonyl (C=O) groups is 1. The van der Waals surface area contributed by atoms with E-state index < -0.39 is 6.04 Å². The van der Waals surface area contributed by atoms with E-state index in [1.807, 2.05) is 37.3 Å². The van der Waals surface area contributed by atoms with Gasteiger partial charge in [0.1, 0.15) is 15.8 Å². The number of benzene rings is 1. The van der Waals surface area contributed by atoms with Gasteiger partial charge in [-0.15, -0.1) is 26.6 Å². The summed E-state index contributed by atoms with van der Waals surface area (Å²) in [7, 11) is 0. The van der Waals surface area contributed by atoms with Crippen molar-refractivity contribution < 1.29 is 4.79 Å². The molecule has 0 unspecified atom stereocenters. The highest BCUT2D eigenvalue weighted by Gasteiger charge is 2.25. The predicted molar refractivity (Wildman–Crippen MR) is 88.5 cm³/mol. The second kappa shape index (κ2) is 7.26. The minimum Gasteiger partial charge on any atom is -0.354 e. The van der Waals surface area contributed by atoms with Crippen molar-refractivity contribution in [3.05, 3.63) is 51.7 Å². The Morgan fingerprint density at radius 2 is 2.00 bits per heavy atom. The molecule has 0 saturated heterocycles. The molecule has 2 aromatic heterocycles. The Bertz CT molecular complexity index is 814. The van der Waals surface area contributed by atoms with Crippen LogP contribution in [0, 0.1) is 13.8 Å². The molecule has 3 rings (SSSR count). The summed E-state index contributed by atoms with van der Waals surface area (Å²) in [5.74, 6) is 0.427. The van der Waals surface area contributed by atoms with Crippen LogP contribution in [0.1, 0.15) is 27.4 Å². The number of hydrogen-bond acceptors (Lipinski definition) is 7. The van der Waals surface area contributed by atoms with Crippen LogP contribution >= 0.6 is 11.3 Å². The van der Waals surface area contributed by atoms with E-state index in [0.29, 0.717) is 18.8 Å². The van der Waals surface area contributed by atoms with Crippen LogP contribution < -0.4 is 5.32 Å². The van der Waals surface area contributed by atoms with Gasteiger partial charge in [-0.25, -0.2) is 4.68 Å². The number of nitrogens with zero attached hydrogens (tertiary/aromatic N) is 6. The molecule has 1 N–H and O–H groups in total. The monoisotopic (exact) mass is 343 g/mol. The lowest BCUT2D eigenvalue weighted by molar-refractivity contribution is -0.123. The lowest BCUT2D eigenvalue weighted by atomic mass is 10.1. The standard InChI is InChI=1S/C15H17N7OS/c1-10-17-20-21-22(10)14(12-6-4-3-5-7-12)15(23)16-9-8-13-19-18-11(2)24-13/h3-7,14H,8-9H2,1-2H3,(H,16,23)/t14-/m0/s1. The van der Waals surface area contributed by atoms with Gasteiger partial charge < -0.3 is 5.32 Å². The van der Waals surface area contributed by atoms with Crippen LogP contribution in [0.2, 0.25) is 0 Å². The summed E-state index contributed by atoms with van der Waals surface area (Å²) in [6.07, 6.45) is 0.646. The third kappa shape index (κ3) is 3.62. The summed E-state index contributed by atoms with van der Waals surface area (Å²) >= 11 is 1.53. The predicted octanol–water partition coefficient (Wildman–Crippen LogP) is 1.09. The van der Waals surface area contributed by atoms with Gasteiger partial charge in [-0.2, -0.15) is 0 Å². The van der Waals surface area contributed by atoms with Gasteiger partial charge >= 0.3 is 0 Å². The van der Waals surface area contributed by atoms with Crippen molar-refractivity contribution >= 4 is 17.2 Å². The van der Waals surface area contributed by atoms with E-state index >= 15 is 0 Å². The fourth-order valence-corrected chi connectivity index (χ4v) is 3.05. The molecule has 0 aliphatic carbocycles. The molecule has 2 heterocycles. The minimum atomic E-state index is -0.600. The van der Waals surface area contributed by atoms with E-state index in [1.54, 1.807) is 6.92 Å². The fourth-order valence-electron chi connectivity index (χ4n) is 2.34. The Morgan fingerprint density at radius 1 is 1.21 bits per heavy atom. The molecule has 3 aromatic rings. The van der Waals surface area contributed by atoms with Crippen molar-refractivity contribution in [1.29, 1.82) is 0 Å². The zero-order valence-electron chi connectivity index (χ0n) is 13.4.